The molecule has 60 valence electrons. The number of rotatable bonds is 2. The second-order valence-electron chi connectivity index (χ2n) is 3.27. The molecule has 0 unspecified atom stereocenters. The molecule has 1 aromatic rings. The number of H-pyrrole nitrogens is 1. The van der Waals surface area contributed by atoms with E-state index in [1.165, 1.54) is 5.69 Å². The lowest BCUT2D eigenvalue weighted by Crippen LogP contribution is -2.20. The van der Waals surface area contributed by atoms with Crippen LogP contribution >= 0.6 is 0 Å². The molecule has 1 heterocycles. The van der Waals surface area contributed by atoms with Crippen LogP contribution in [0.4, 0.5) is 0 Å². The Kier molecular flexibility index (Phi) is 1.29. The molecule has 0 aromatic carbocycles. The molecule has 0 radical (unpaired) electrons. The van der Waals surface area contributed by atoms with Gasteiger partial charge in [-0.05, 0) is 19.3 Å². The van der Waals surface area contributed by atoms with Gasteiger partial charge in [0.2, 0.25) is 0 Å². The van der Waals surface area contributed by atoms with E-state index in [4.69, 9.17) is 5.73 Å². The van der Waals surface area contributed by atoms with Crippen molar-refractivity contribution in [3.8, 4) is 0 Å². The SMILES string of the molecule is CCc1cnc(C2(N)CC2)[nH]1. The van der Waals surface area contributed by atoms with Crippen molar-refractivity contribution in [2.24, 2.45) is 5.73 Å². The van der Waals surface area contributed by atoms with E-state index < -0.39 is 0 Å². The molecule has 0 saturated heterocycles. The average Bonchev–Trinajstić information content (AvgIpc) is 2.61. The number of nitrogens with zero attached hydrogens (tertiary/aromatic N) is 1. The lowest BCUT2D eigenvalue weighted by molar-refractivity contribution is 0.682. The van der Waals surface area contributed by atoms with Gasteiger partial charge in [-0.3, -0.25) is 0 Å². The molecule has 1 fully saturated rings. The van der Waals surface area contributed by atoms with Crippen LogP contribution in [0.3, 0.4) is 0 Å². The van der Waals surface area contributed by atoms with Crippen LogP contribution < -0.4 is 5.73 Å². The van der Waals surface area contributed by atoms with Crippen LogP contribution in [-0.4, -0.2) is 9.97 Å². The van der Waals surface area contributed by atoms with Crippen LogP contribution in [0.25, 0.3) is 0 Å². The number of nitrogens with one attached hydrogen (secondary N) is 1. The predicted molar refractivity (Wildman–Crippen MR) is 43.1 cm³/mol. The van der Waals surface area contributed by atoms with Gasteiger partial charge in [0.05, 0.1) is 5.54 Å². The Morgan fingerprint density at radius 2 is 2.45 bits per heavy atom. The third-order valence-electron chi connectivity index (χ3n) is 2.27. The molecule has 0 atom stereocenters. The first-order chi connectivity index (χ1) is 5.24. The zero-order valence-electron chi connectivity index (χ0n) is 6.72. The van der Waals surface area contributed by atoms with Gasteiger partial charge in [0, 0.05) is 11.9 Å². The summed E-state index contributed by atoms with van der Waals surface area (Å²) in [5.74, 6) is 0.967. The molecule has 0 bridgehead atoms. The summed E-state index contributed by atoms with van der Waals surface area (Å²) in [6, 6.07) is 0. The summed E-state index contributed by atoms with van der Waals surface area (Å²) in [7, 11) is 0. The monoisotopic (exact) mass is 151 g/mol. The van der Waals surface area contributed by atoms with E-state index in [-0.39, 0.29) is 5.54 Å². The maximum Gasteiger partial charge on any atom is 0.126 e. The van der Waals surface area contributed by atoms with E-state index >= 15 is 0 Å². The van der Waals surface area contributed by atoms with Crippen molar-refractivity contribution < 1.29 is 0 Å². The highest BCUT2D eigenvalue weighted by molar-refractivity contribution is 5.17. The number of aromatic amines is 1. The van der Waals surface area contributed by atoms with Crippen LogP contribution in [-0.2, 0) is 12.0 Å². The second kappa shape index (κ2) is 2.08. The fourth-order valence-electron chi connectivity index (χ4n) is 1.16. The Labute approximate surface area is 66.0 Å². The van der Waals surface area contributed by atoms with Crippen LogP contribution in [0, 0.1) is 0 Å². The van der Waals surface area contributed by atoms with Crippen LogP contribution in [0.15, 0.2) is 6.20 Å². The third kappa shape index (κ3) is 1.05. The van der Waals surface area contributed by atoms with Gasteiger partial charge >= 0.3 is 0 Å². The van der Waals surface area contributed by atoms with Gasteiger partial charge in [-0.2, -0.15) is 0 Å². The first kappa shape index (κ1) is 6.85. The van der Waals surface area contributed by atoms with Gasteiger partial charge in [0.25, 0.3) is 0 Å². The second-order valence-corrected chi connectivity index (χ2v) is 3.27. The molecule has 1 aliphatic rings. The Balaban J connectivity index is 2.25. The summed E-state index contributed by atoms with van der Waals surface area (Å²) < 4.78 is 0. The smallest absolute Gasteiger partial charge is 0.126 e. The van der Waals surface area contributed by atoms with Crippen LogP contribution in [0.2, 0.25) is 0 Å². The molecule has 3 nitrogen and oxygen atoms in total. The molecule has 1 saturated carbocycles. The minimum absolute atomic E-state index is 0.104. The zero-order valence-corrected chi connectivity index (χ0v) is 6.72. The molecule has 0 spiro atoms. The molecule has 3 heteroatoms. The molecule has 1 aromatic heterocycles. The normalized spacial score (nSPS) is 20.2. The van der Waals surface area contributed by atoms with Gasteiger partial charge in [0.1, 0.15) is 5.82 Å². The zero-order chi connectivity index (χ0) is 7.90. The first-order valence-corrected chi connectivity index (χ1v) is 4.08. The van der Waals surface area contributed by atoms with Crippen molar-refractivity contribution in [2.75, 3.05) is 0 Å². The molecule has 0 aliphatic heterocycles. The average molecular weight is 151 g/mol. The van der Waals surface area contributed by atoms with Crippen molar-refractivity contribution in [3.63, 3.8) is 0 Å². The van der Waals surface area contributed by atoms with Crippen molar-refractivity contribution in [2.45, 2.75) is 31.7 Å². The topological polar surface area (TPSA) is 54.7 Å². The van der Waals surface area contributed by atoms with Crippen molar-refractivity contribution in [1.82, 2.24) is 9.97 Å². The Bertz CT molecular complexity index is 260. The molecule has 1 aliphatic carbocycles. The maximum absolute atomic E-state index is 5.94. The lowest BCUT2D eigenvalue weighted by Gasteiger charge is -2.01. The summed E-state index contributed by atoms with van der Waals surface area (Å²) in [6.07, 6.45) is 5.03. The Morgan fingerprint density at radius 1 is 1.73 bits per heavy atom. The lowest BCUT2D eigenvalue weighted by atomic mass is 10.3. The molecule has 11 heavy (non-hydrogen) atoms. The van der Waals surface area contributed by atoms with Crippen molar-refractivity contribution >= 4 is 0 Å². The fraction of sp³-hybridized carbons (Fsp3) is 0.625. The quantitative estimate of drug-likeness (QED) is 0.660. The van der Waals surface area contributed by atoms with E-state index in [2.05, 4.69) is 16.9 Å². The number of nitrogens with two attached hydrogens (primary N) is 1. The van der Waals surface area contributed by atoms with Crippen LogP contribution in [0.1, 0.15) is 31.3 Å². The summed E-state index contributed by atoms with van der Waals surface area (Å²) >= 11 is 0. The summed E-state index contributed by atoms with van der Waals surface area (Å²) in [6.45, 7) is 2.10. The molecular formula is C8H13N3. The van der Waals surface area contributed by atoms with Gasteiger partial charge in [-0.1, -0.05) is 6.92 Å². The predicted octanol–water partition coefficient (Wildman–Crippen LogP) is 0.920. The van der Waals surface area contributed by atoms with Crippen LogP contribution in [0.5, 0.6) is 0 Å². The molecular weight excluding hydrogens is 138 g/mol. The molecule has 0 amide bonds. The summed E-state index contributed by atoms with van der Waals surface area (Å²) in [4.78, 5) is 7.47. The number of hydrogen-bond acceptors (Lipinski definition) is 2. The Hall–Kier alpha value is -0.830. The van der Waals surface area contributed by atoms with Gasteiger partial charge in [-0.15, -0.1) is 0 Å². The van der Waals surface area contributed by atoms with Crippen molar-refractivity contribution in [3.05, 3.63) is 17.7 Å². The molecule has 3 N–H and O–H groups in total. The third-order valence-corrected chi connectivity index (χ3v) is 2.27. The number of aryl methyl sites for hydroxylation is 1. The number of aromatic nitrogens is 2. The standard InChI is InChI=1S/C8H13N3/c1-2-6-5-10-7(11-6)8(9)3-4-8/h5H,2-4,9H2,1H3,(H,10,11). The van der Waals surface area contributed by atoms with E-state index in [1.54, 1.807) is 0 Å². The van der Waals surface area contributed by atoms with E-state index in [0.717, 1.165) is 25.1 Å². The number of imidazole rings is 1. The first-order valence-electron chi connectivity index (χ1n) is 4.08. The van der Waals surface area contributed by atoms with E-state index in [0.29, 0.717) is 0 Å². The summed E-state index contributed by atoms with van der Waals surface area (Å²) in [5, 5.41) is 0. The maximum atomic E-state index is 5.94. The van der Waals surface area contributed by atoms with Gasteiger partial charge < -0.3 is 10.7 Å². The van der Waals surface area contributed by atoms with Gasteiger partial charge in [-0.25, -0.2) is 4.98 Å². The largest absolute Gasteiger partial charge is 0.344 e. The summed E-state index contributed by atoms with van der Waals surface area (Å²) in [5.41, 5.74) is 7.02. The number of hydrogen-bond donors (Lipinski definition) is 2. The highest BCUT2D eigenvalue weighted by Gasteiger charge is 2.42. The van der Waals surface area contributed by atoms with Gasteiger partial charge in [0.15, 0.2) is 0 Å². The highest BCUT2D eigenvalue weighted by atomic mass is 15.0. The Morgan fingerprint density at radius 3 is 2.91 bits per heavy atom. The highest BCUT2D eigenvalue weighted by Crippen LogP contribution is 2.40. The minimum atomic E-state index is -0.104. The fourth-order valence-corrected chi connectivity index (χ4v) is 1.16. The van der Waals surface area contributed by atoms with E-state index in [9.17, 15) is 0 Å². The van der Waals surface area contributed by atoms with E-state index in [1.807, 2.05) is 6.20 Å². The molecule has 2 rings (SSSR count). The van der Waals surface area contributed by atoms with Crippen molar-refractivity contribution in [1.29, 1.82) is 0 Å². The minimum Gasteiger partial charge on any atom is -0.344 e.